The molecule has 3 rings (SSSR count). The normalized spacial score (nSPS) is 21.1. The Bertz CT molecular complexity index is 459. The Kier molecular flexibility index (Phi) is 5.92. The molecule has 5 nitrogen and oxygen atoms in total. The van der Waals surface area contributed by atoms with E-state index in [0.717, 1.165) is 76.8 Å². The topological polar surface area (TPSA) is 45.2 Å². The molecule has 0 spiro atoms. The molecule has 1 aromatic rings. The number of hydrogen-bond donors (Lipinski definition) is 1. The zero-order valence-corrected chi connectivity index (χ0v) is 14.9. The lowest BCUT2D eigenvalue weighted by atomic mass is 10.1. The summed E-state index contributed by atoms with van der Waals surface area (Å²) in [5.74, 6) is 0.457. The van der Waals surface area contributed by atoms with Gasteiger partial charge in [0, 0.05) is 54.0 Å². The highest BCUT2D eigenvalue weighted by molar-refractivity contribution is 14.1. The van der Waals surface area contributed by atoms with E-state index >= 15 is 0 Å². The van der Waals surface area contributed by atoms with Gasteiger partial charge in [-0.2, -0.15) is 0 Å². The average molecular weight is 418 g/mol. The zero-order chi connectivity index (χ0) is 15.4. The summed E-state index contributed by atoms with van der Waals surface area (Å²) < 4.78 is 12.0. The number of morpholine rings is 2. The van der Waals surface area contributed by atoms with Gasteiger partial charge < -0.3 is 14.6 Å². The molecule has 0 amide bonds. The number of ether oxygens (including phenoxy) is 2. The van der Waals surface area contributed by atoms with E-state index in [1.54, 1.807) is 0 Å². The molecule has 2 saturated heterocycles. The van der Waals surface area contributed by atoms with E-state index in [1.165, 1.54) is 3.57 Å². The number of benzene rings is 1. The molecule has 0 atom stereocenters. The fourth-order valence-corrected chi connectivity index (χ4v) is 3.71. The zero-order valence-electron chi connectivity index (χ0n) is 12.8. The summed E-state index contributed by atoms with van der Waals surface area (Å²) in [5.41, 5.74) is 2.05. The molecule has 122 valence electrons. The van der Waals surface area contributed by atoms with E-state index in [1.807, 2.05) is 0 Å². The molecule has 2 fully saturated rings. The smallest absolute Gasteiger partial charge is 0.124 e. The Labute approximate surface area is 145 Å². The third-order valence-electron chi connectivity index (χ3n) is 4.23. The van der Waals surface area contributed by atoms with Crippen molar-refractivity contribution < 1.29 is 14.6 Å². The maximum Gasteiger partial charge on any atom is 0.124 e. The van der Waals surface area contributed by atoms with Crippen LogP contribution in [0, 0.1) is 3.57 Å². The molecule has 6 heteroatoms. The first-order valence-electron chi connectivity index (χ1n) is 7.83. The predicted molar refractivity (Wildman–Crippen MR) is 93.0 cm³/mol. The highest BCUT2D eigenvalue weighted by Gasteiger charge is 2.18. The van der Waals surface area contributed by atoms with Gasteiger partial charge in [-0.3, -0.25) is 9.80 Å². The van der Waals surface area contributed by atoms with E-state index in [0.29, 0.717) is 5.75 Å². The number of phenolic OH excluding ortho intramolecular Hbond substituents is 1. The van der Waals surface area contributed by atoms with Crippen molar-refractivity contribution in [2.75, 3.05) is 52.6 Å². The Morgan fingerprint density at radius 1 is 0.864 bits per heavy atom. The molecule has 0 saturated carbocycles. The van der Waals surface area contributed by atoms with E-state index in [4.69, 9.17) is 9.47 Å². The lowest BCUT2D eigenvalue weighted by Gasteiger charge is -2.29. The molecule has 0 aromatic heterocycles. The van der Waals surface area contributed by atoms with Crippen molar-refractivity contribution >= 4 is 22.6 Å². The van der Waals surface area contributed by atoms with E-state index < -0.39 is 0 Å². The van der Waals surface area contributed by atoms with Crippen LogP contribution in [0.5, 0.6) is 5.75 Å². The number of rotatable bonds is 4. The summed E-state index contributed by atoms with van der Waals surface area (Å²) in [6.45, 7) is 8.46. The third kappa shape index (κ3) is 4.32. The number of halogens is 1. The van der Waals surface area contributed by atoms with E-state index in [-0.39, 0.29) is 0 Å². The van der Waals surface area contributed by atoms with Crippen molar-refractivity contribution in [3.8, 4) is 5.75 Å². The summed E-state index contributed by atoms with van der Waals surface area (Å²) in [7, 11) is 0. The first-order valence-corrected chi connectivity index (χ1v) is 8.91. The van der Waals surface area contributed by atoms with Crippen molar-refractivity contribution in [3.63, 3.8) is 0 Å². The van der Waals surface area contributed by atoms with Gasteiger partial charge in [0.1, 0.15) is 5.75 Å². The largest absolute Gasteiger partial charge is 0.507 e. The van der Waals surface area contributed by atoms with Crippen LogP contribution in [0.4, 0.5) is 0 Å². The molecule has 0 aliphatic carbocycles. The lowest BCUT2D eigenvalue weighted by Crippen LogP contribution is -2.36. The highest BCUT2D eigenvalue weighted by atomic mass is 127. The minimum Gasteiger partial charge on any atom is -0.507 e. The quantitative estimate of drug-likeness (QED) is 0.754. The van der Waals surface area contributed by atoms with Crippen LogP contribution in [0.25, 0.3) is 0 Å². The summed E-state index contributed by atoms with van der Waals surface area (Å²) in [6.07, 6.45) is 0. The summed E-state index contributed by atoms with van der Waals surface area (Å²) in [5, 5.41) is 10.7. The van der Waals surface area contributed by atoms with Crippen molar-refractivity contribution in [1.29, 1.82) is 0 Å². The SMILES string of the molecule is Oc1c(CN2CCOCC2)cc(I)cc1CN1CCOCC1. The Hall–Kier alpha value is -0.410. The van der Waals surface area contributed by atoms with Crippen LogP contribution in [0.2, 0.25) is 0 Å². The van der Waals surface area contributed by atoms with Crippen LogP contribution in [-0.4, -0.2) is 67.5 Å². The van der Waals surface area contributed by atoms with Gasteiger partial charge in [0.25, 0.3) is 0 Å². The van der Waals surface area contributed by atoms with Crippen molar-refractivity contribution in [2.24, 2.45) is 0 Å². The van der Waals surface area contributed by atoms with Crippen molar-refractivity contribution in [2.45, 2.75) is 13.1 Å². The molecule has 0 radical (unpaired) electrons. The molecule has 1 N–H and O–H groups in total. The molecule has 2 heterocycles. The van der Waals surface area contributed by atoms with Crippen LogP contribution in [0.1, 0.15) is 11.1 Å². The third-order valence-corrected chi connectivity index (χ3v) is 4.85. The van der Waals surface area contributed by atoms with Crippen LogP contribution in [0.15, 0.2) is 12.1 Å². The predicted octanol–water partition coefficient (Wildman–Crippen LogP) is 1.66. The molecule has 2 aliphatic heterocycles. The van der Waals surface area contributed by atoms with Gasteiger partial charge in [-0.1, -0.05) is 0 Å². The van der Waals surface area contributed by atoms with Gasteiger partial charge in [-0.15, -0.1) is 0 Å². The highest BCUT2D eigenvalue weighted by Crippen LogP contribution is 2.28. The van der Waals surface area contributed by atoms with E-state index in [2.05, 4.69) is 44.5 Å². The molecular weight excluding hydrogens is 395 g/mol. The number of phenols is 1. The number of hydrogen-bond acceptors (Lipinski definition) is 5. The Balaban J connectivity index is 1.72. The summed E-state index contributed by atoms with van der Waals surface area (Å²) in [4.78, 5) is 4.68. The monoisotopic (exact) mass is 418 g/mol. The molecule has 0 unspecified atom stereocenters. The standard InChI is InChI=1S/C16H23IN2O3/c17-15-9-13(11-18-1-5-21-6-2-18)16(20)14(10-15)12-19-3-7-22-8-4-19/h9-10,20H,1-8,11-12H2. The van der Waals surface area contributed by atoms with Gasteiger partial charge in [-0.25, -0.2) is 0 Å². The lowest BCUT2D eigenvalue weighted by molar-refractivity contribution is 0.0327. The van der Waals surface area contributed by atoms with Gasteiger partial charge in [0.2, 0.25) is 0 Å². The fourth-order valence-electron chi connectivity index (χ4n) is 2.96. The van der Waals surface area contributed by atoms with Crippen LogP contribution in [0.3, 0.4) is 0 Å². The van der Waals surface area contributed by atoms with Crippen LogP contribution in [-0.2, 0) is 22.6 Å². The Morgan fingerprint density at radius 3 is 1.68 bits per heavy atom. The minimum absolute atomic E-state index is 0.457. The van der Waals surface area contributed by atoms with E-state index in [9.17, 15) is 5.11 Å². The minimum atomic E-state index is 0.457. The van der Waals surface area contributed by atoms with Crippen molar-refractivity contribution in [1.82, 2.24) is 9.80 Å². The Morgan fingerprint density at radius 2 is 1.27 bits per heavy atom. The van der Waals surface area contributed by atoms with Gasteiger partial charge in [-0.05, 0) is 34.7 Å². The van der Waals surface area contributed by atoms with Crippen LogP contribution >= 0.6 is 22.6 Å². The molecule has 0 bridgehead atoms. The van der Waals surface area contributed by atoms with Gasteiger partial charge >= 0.3 is 0 Å². The molecule has 2 aliphatic rings. The van der Waals surface area contributed by atoms with Gasteiger partial charge in [0.15, 0.2) is 0 Å². The maximum atomic E-state index is 10.7. The second-order valence-corrected chi connectivity index (χ2v) is 7.10. The second kappa shape index (κ2) is 7.92. The molecule has 22 heavy (non-hydrogen) atoms. The number of aromatic hydroxyl groups is 1. The van der Waals surface area contributed by atoms with Gasteiger partial charge in [0.05, 0.1) is 26.4 Å². The summed E-state index contributed by atoms with van der Waals surface area (Å²) >= 11 is 2.34. The average Bonchev–Trinajstić information content (AvgIpc) is 2.54. The second-order valence-electron chi connectivity index (χ2n) is 5.85. The van der Waals surface area contributed by atoms with Crippen molar-refractivity contribution in [3.05, 3.63) is 26.8 Å². The first-order chi connectivity index (χ1) is 10.7. The fraction of sp³-hybridized carbons (Fsp3) is 0.625. The van der Waals surface area contributed by atoms with Crippen LogP contribution < -0.4 is 0 Å². The first kappa shape index (κ1) is 16.4. The number of nitrogens with zero attached hydrogens (tertiary/aromatic N) is 2. The molecular formula is C16H23IN2O3. The maximum absolute atomic E-state index is 10.7. The molecule has 1 aromatic carbocycles. The summed E-state index contributed by atoms with van der Waals surface area (Å²) in [6, 6.07) is 4.18.